The molecule has 0 heterocycles. The lowest BCUT2D eigenvalue weighted by molar-refractivity contribution is -0.141. The van der Waals surface area contributed by atoms with Crippen LogP contribution in [-0.2, 0) is 26.2 Å². The number of hydrogen-bond donors (Lipinski definition) is 1. The minimum absolute atomic E-state index is 0.0190. The maximum Gasteiger partial charge on any atom is 0.243 e. The molecule has 38 heavy (non-hydrogen) atoms. The van der Waals surface area contributed by atoms with E-state index in [4.69, 9.17) is 9.47 Å². The zero-order valence-electron chi connectivity index (χ0n) is 23.3. The molecule has 0 aliphatic carbocycles. The molecule has 0 fully saturated rings. The van der Waals surface area contributed by atoms with E-state index in [9.17, 15) is 18.0 Å². The molecule has 0 aliphatic heterocycles. The smallest absolute Gasteiger partial charge is 0.243 e. The number of hydrogen-bond acceptors (Lipinski definition) is 6. The van der Waals surface area contributed by atoms with Crippen molar-refractivity contribution in [2.45, 2.75) is 65.1 Å². The Kier molecular flexibility index (Phi) is 11.9. The van der Waals surface area contributed by atoms with E-state index < -0.39 is 16.1 Å². The summed E-state index contributed by atoms with van der Waals surface area (Å²) in [5.74, 6) is 0.654. The standard InChI is InChI=1S/C28H41N3O6S/c1-7-21(3)29-28(33)24(8-2)30(20-22-13-11-14-23(19-22)36-4)27(32)17-12-18-31(38(6,34)35)25-15-9-10-16-26(25)37-5/h9-11,13-16,19,21,24H,7-8,12,17-18,20H2,1-6H3,(H,29,33)/t21-,24+/m1/s1. The summed E-state index contributed by atoms with van der Waals surface area (Å²) in [4.78, 5) is 28.3. The van der Waals surface area contributed by atoms with Crippen molar-refractivity contribution in [2.75, 3.05) is 31.3 Å². The van der Waals surface area contributed by atoms with Crippen LogP contribution in [0.2, 0.25) is 0 Å². The molecule has 210 valence electrons. The normalized spacial score (nSPS) is 12.8. The molecule has 0 bridgehead atoms. The van der Waals surface area contributed by atoms with Crippen molar-refractivity contribution < 1.29 is 27.5 Å². The van der Waals surface area contributed by atoms with Crippen molar-refractivity contribution in [3.63, 3.8) is 0 Å². The van der Waals surface area contributed by atoms with Crippen molar-refractivity contribution >= 4 is 27.5 Å². The Morgan fingerprint density at radius 3 is 2.32 bits per heavy atom. The highest BCUT2D eigenvalue weighted by Gasteiger charge is 2.29. The molecule has 0 unspecified atom stereocenters. The van der Waals surface area contributed by atoms with E-state index in [0.717, 1.165) is 18.2 Å². The summed E-state index contributed by atoms with van der Waals surface area (Å²) in [6.45, 7) is 6.11. The highest BCUT2D eigenvalue weighted by Crippen LogP contribution is 2.30. The molecule has 10 heteroatoms. The van der Waals surface area contributed by atoms with Crippen LogP contribution in [-0.4, -0.2) is 64.2 Å². The Morgan fingerprint density at radius 1 is 1.00 bits per heavy atom. The number of anilines is 1. The Bertz CT molecular complexity index is 1170. The summed E-state index contributed by atoms with van der Waals surface area (Å²) in [5.41, 5.74) is 1.25. The second kappa shape index (κ2) is 14.6. The first-order valence-electron chi connectivity index (χ1n) is 12.9. The Labute approximate surface area is 227 Å². The number of sulfonamides is 1. The summed E-state index contributed by atoms with van der Waals surface area (Å²) in [6.07, 6.45) is 2.67. The Morgan fingerprint density at radius 2 is 1.71 bits per heavy atom. The number of carbonyl (C=O) groups excluding carboxylic acids is 2. The molecule has 2 aromatic carbocycles. The monoisotopic (exact) mass is 547 g/mol. The van der Waals surface area contributed by atoms with E-state index in [1.807, 2.05) is 45.0 Å². The third-order valence-electron chi connectivity index (χ3n) is 6.38. The van der Waals surface area contributed by atoms with Gasteiger partial charge in [-0.05, 0) is 56.0 Å². The summed E-state index contributed by atoms with van der Waals surface area (Å²) in [5, 5.41) is 2.99. The van der Waals surface area contributed by atoms with Crippen molar-refractivity contribution in [1.29, 1.82) is 0 Å². The summed E-state index contributed by atoms with van der Waals surface area (Å²) in [6, 6.07) is 13.6. The molecular formula is C28H41N3O6S. The average Bonchev–Trinajstić information content (AvgIpc) is 2.90. The second-order valence-electron chi connectivity index (χ2n) is 9.23. The van der Waals surface area contributed by atoms with Crippen LogP contribution >= 0.6 is 0 Å². The molecule has 2 atom stereocenters. The van der Waals surface area contributed by atoms with Crippen molar-refractivity contribution in [3.8, 4) is 11.5 Å². The van der Waals surface area contributed by atoms with Gasteiger partial charge in [0.05, 0.1) is 26.2 Å². The van der Waals surface area contributed by atoms with Gasteiger partial charge in [0.2, 0.25) is 21.8 Å². The van der Waals surface area contributed by atoms with Crippen molar-refractivity contribution in [3.05, 3.63) is 54.1 Å². The second-order valence-corrected chi connectivity index (χ2v) is 11.1. The molecule has 1 N–H and O–H groups in total. The lowest BCUT2D eigenvalue weighted by Crippen LogP contribution is -2.50. The van der Waals surface area contributed by atoms with Crippen LogP contribution in [0.5, 0.6) is 11.5 Å². The number of nitrogens with one attached hydrogen (secondary N) is 1. The van der Waals surface area contributed by atoms with Gasteiger partial charge in [0.25, 0.3) is 0 Å². The van der Waals surface area contributed by atoms with E-state index in [-0.39, 0.29) is 43.8 Å². The molecule has 2 amide bonds. The number of methoxy groups -OCH3 is 2. The predicted molar refractivity (Wildman–Crippen MR) is 150 cm³/mol. The van der Waals surface area contributed by atoms with Crippen LogP contribution in [0, 0.1) is 0 Å². The SMILES string of the molecule is CC[C@@H](C)NC(=O)[C@H](CC)N(Cc1cccc(OC)c1)C(=O)CCCN(c1ccccc1OC)S(C)(=O)=O. The molecular weight excluding hydrogens is 506 g/mol. The van der Waals surface area contributed by atoms with E-state index in [1.54, 1.807) is 36.3 Å². The van der Waals surface area contributed by atoms with Crippen molar-refractivity contribution in [2.24, 2.45) is 0 Å². The number of amides is 2. The molecule has 0 saturated carbocycles. The van der Waals surface area contributed by atoms with Crippen LogP contribution in [0.25, 0.3) is 0 Å². The lowest BCUT2D eigenvalue weighted by Gasteiger charge is -2.32. The number of nitrogens with zero attached hydrogens (tertiary/aromatic N) is 2. The fourth-order valence-electron chi connectivity index (χ4n) is 4.15. The van der Waals surface area contributed by atoms with Crippen LogP contribution in [0.15, 0.2) is 48.5 Å². The van der Waals surface area contributed by atoms with Crippen LogP contribution in [0.1, 0.15) is 52.0 Å². The maximum atomic E-state index is 13.6. The number of benzene rings is 2. The molecule has 2 rings (SSSR count). The van der Waals surface area contributed by atoms with E-state index >= 15 is 0 Å². The number of ether oxygens (including phenoxy) is 2. The molecule has 0 aromatic heterocycles. The highest BCUT2D eigenvalue weighted by atomic mass is 32.2. The summed E-state index contributed by atoms with van der Waals surface area (Å²) >= 11 is 0. The Balaban J connectivity index is 2.27. The van der Waals surface area contributed by atoms with Crippen molar-refractivity contribution in [1.82, 2.24) is 10.2 Å². The van der Waals surface area contributed by atoms with Gasteiger partial charge in [-0.15, -0.1) is 0 Å². The third-order valence-corrected chi connectivity index (χ3v) is 7.56. The maximum absolute atomic E-state index is 13.6. The van der Waals surface area contributed by atoms with Gasteiger partial charge in [0.1, 0.15) is 17.5 Å². The summed E-state index contributed by atoms with van der Waals surface area (Å²) < 4.78 is 37.1. The highest BCUT2D eigenvalue weighted by molar-refractivity contribution is 7.92. The van der Waals surface area contributed by atoms with E-state index in [0.29, 0.717) is 23.6 Å². The molecule has 0 aliphatic rings. The number of carbonyl (C=O) groups is 2. The topological polar surface area (TPSA) is 105 Å². The quantitative estimate of drug-likeness (QED) is 0.362. The van der Waals surface area contributed by atoms with Gasteiger partial charge in [-0.25, -0.2) is 8.42 Å². The van der Waals surface area contributed by atoms with Gasteiger partial charge < -0.3 is 19.7 Å². The van der Waals surface area contributed by atoms with Gasteiger partial charge in [-0.1, -0.05) is 38.1 Å². The minimum Gasteiger partial charge on any atom is -0.497 e. The average molecular weight is 548 g/mol. The largest absolute Gasteiger partial charge is 0.497 e. The first-order chi connectivity index (χ1) is 18.0. The summed E-state index contributed by atoms with van der Waals surface area (Å²) in [7, 11) is -0.570. The van der Waals surface area contributed by atoms with Crippen LogP contribution in [0.4, 0.5) is 5.69 Å². The molecule has 9 nitrogen and oxygen atoms in total. The zero-order valence-corrected chi connectivity index (χ0v) is 24.1. The van der Waals surface area contributed by atoms with E-state index in [1.165, 1.54) is 11.4 Å². The predicted octanol–water partition coefficient (Wildman–Crippen LogP) is 3.97. The van der Waals surface area contributed by atoms with Gasteiger partial charge in [-0.3, -0.25) is 13.9 Å². The molecule has 0 saturated heterocycles. The minimum atomic E-state index is -3.63. The zero-order chi connectivity index (χ0) is 28.3. The molecule has 0 spiro atoms. The lowest BCUT2D eigenvalue weighted by atomic mass is 10.1. The first-order valence-corrected chi connectivity index (χ1v) is 14.7. The van der Waals surface area contributed by atoms with E-state index in [2.05, 4.69) is 5.32 Å². The van der Waals surface area contributed by atoms with Crippen LogP contribution < -0.4 is 19.1 Å². The van der Waals surface area contributed by atoms with Gasteiger partial charge in [0, 0.05) is 25.6 Å². The van der Waals surface area contributed by atoms with Crippen LogP contribution in [0.3, 0.4) is 0 Å². The van der Waals surface area contributed by atoms with Gasteiger partial charge >= 0.3 is 0 Å². The third kappa shape index (κ3) is 8.65. The molecule has 2 aromatic rings. The fourth-order valence-corrected chi connectivity index (χ4v) is 5.12. The Hall–Kier alpha value is -3.27. The van der Waals surface area contributed by atoms with Gasteiger partial charge in [0.15, 0.2) is 0 Å². The van der Waals surface area contributed by atoms with Gasteiger partial charge in [-0.2, -0.15) is 0 Å². The number of rotatable bonds is 15. The number of para-hydroxylation sites is 2. The fraction of sp³-hybridized carbons (Fsp3) is 0.500. The molecule has 0 radical (unpaired) electrons. The first kappa shape index (κ1) is 31.0.